The van der Waals surface area contributed by atoms with Gasteiger partial charge in [-0.3, -0.25) is 0 Å². The van der Waals surface area contributed by atoms with Crippen molar-refractivity contribution in [3.8, 4) is 0 Å². The molecule has 1 heterocycles. The fourth-order valence-electron chi connectivity index (χ4n) is 2.05. The number of aliphatic hydroxyl groups excluding tert-OH is 1. The van der Waals surface area contributed by atoms with Crippen molar-refractivity contribution in [2.75, 3.05) is 13.2 Å². The SMILES string of the molecule is CC1CCCC(C)N1NC(CN)CO. The molecule has 0 saturated carbocycles. The van der Waals surface area contributed by atoms with Gasteiger partial charge in [0.05, 0.1) is 12.6 Å². The third-order valence-electron chi connectivity index (χ3n) is 3.03. The zero-order chi connectivity index (χ0) is 10.6. The Balaban J connectivity index is 2.46. The lowest BCUT2D eigenvalue weighted by molar-refractivity contribution is 0.0202. The summed E-state index contributed by atoms with van der Waals surface area (Å²) in [5.41, 5.74) is 8.86. The molecule has 0 aromatic carbocycles. The molecule has 0 aliphatic carbocycles. The maximum atomic E-state index is 9.06. The first-order chi connectivity index (χ1) is 6.69. The summed E-state index contributed by atoms with van der Waals surface area (Å²) in [6.07, 6.45) is 3.74. The Bertz CT molecular complexity index is 151. The molecule has 3 atom stereocenters. The van der Waals surface area contributed by atoms with Crippen molar-refractivity contribution >= 4 is 0 Å². The minimum absolute atomic E-state index is 0.00185. The van der Waals surface area contributed by atoms with E-state index in [-0.39, 0.29) is 12.6 Å². The van der Waals surface area contributed by atoms with Crippen LogP contribution in [0.2, 0.25) is 0 Å². The van der Waals surface area contributed by atoms with Crippen molar-refractivity contribution in [1.29, 1.82) is 0 Å². The molecule has 14 heavy (non-hydrogen) atoms. The number of piperidine rings is 1. The van der Waals surface area contributed by atoms with Gasteiger partial charge < -0.3 is 10.8 Å². The van der Waals surface area contributed by atoms with E-state index in [1.54, 1.807) is 0 Å². The minimum atomic E-state index is -0.00185. The standard InChI is InChI=1S/C10H23N3O/c1-8-4-3-5-9(2)13(8)12-10(6-11)7-14/h8-10,12,14H,3-7,11H2,1-2H3. The molecule has 0 aromatic rings. The third kappa shape index (κ3) is 2.92. The summed E-state index contributed by atoms with van der Waals surface area (Å²) >= 11 is 0. The van der Waals surface area contributed by atoms with Crippen LogP contribution < -0.4 is 11.2 Å². The molecule has 4 heteroatoms. The highest BCUT2D eigenvalue weighted by Crippen LogP contribution is 2.20. The summed E-state index contributed by atoms with van der Waals surface area (Å²) in [4.78, 5) is 0. The Morgan fingerprint density at radius 3 is 2.43 bits per heavy atom. The van der Waals surface area contributed by atoms with Crippen LogP contribution in [0.25, 0.3) is 0 Å². The van der Waals surface area contributed by atoms with Crippen LogP contribution in [0.15, 0.2) is 0 Å². The fraction of sp³-hybridized carbons (Fsp3) is 1.00. The Kier molecular flexibility index (Phi) is 4.81. The van der Waals surface area contributed by atoms with Crippen molar-refractivity contribution in [3.63, 3.8) is 0 Å². The summed E-state index contributed by atoms with van der Waals surface area (Å²) in [5, 5.41) is 11.3. The Hall–Kier alpha value is -0.160. The molecule has 0 bridgehead atoms. The van der Waals surface area contributed by atoms with E-state index in [2.05, 4.69) is 24.3 Å². The highest BCUT2D eigenvalue weighted by Gasteiger charge is 2.25. The number of hydrogen-bond acceptors (Lipinski definition) is 4. The van der Waals surface area contributed by atoms with Crippen LogP contribution in [0.4, 0.5) is 0 Å². The van der Waals surface area contributed by atoms with Crippen molar-refractivity contribution in [2.24, 2.45) is 5.73 Å². The van der Waals surface area contributed by atoms with Gasteiger partial charge in [0.1, 0.15) is 0 Å². The van der Waals surface area contributed by atoms with Gasteiger partial charge in [-0.1, -0.05) is 6.42 Å². The summed E-state index contributed by atoms with van der Waals surface area (Å²) < 4.78 is 0. The van der Waals surface area contributed by atoms with Crippen LogP contribution in [0.1, 0.15) is 33.1 Å². The van der Waals surface area contributed by atoms with Gasteiger partial charge in [-0.25, -0.2) is 10.4 Å². The summed E-state index contributed by atoms with van der Waals surface area (Å²) in [5.74, 6) is 0. The van der Waals surface area contributed by atoms with Crippen LogP contribution >= 0.6 is 0 Å². The smallest absolute Gasteiger partial charge is 0.0610 e. The van der Waals surface area contributed by atoms with Crippen LogP contribution in [-0.2, 0) is 0 Å². The normalized spacial score (nSPS) is 31.7. The van der Waals surface area contributed by atoms with E-state index < -0.39 is 0 Å². The molecule has 0 radical (unpaired) electrons. The lowest BCUT2D eigenvalue weighted by Crippen LogP contribution is -2.57. The van der Waals surface area contributed by atoms with E-state index >= 15 is 0 Å². The molecular formula is C10H23N3O. The van der Waals surface area contributed by atoms with Crippen LogP contribution in [0, 0.1) is 0 Å². The molecule has 1 aliphatic heterocycles. The van der Waals surface area contributed by atoms with Gasteiger partial charge in [0.15, 0.2) is 0 Å². The number of nitrogens with two attached hydrogens (primary N) is 1. The zero-order valence-electron chi connectivity index (χ0n) is 9.24. The summed E-state index contributed by atoms with van der Waals surface area (Å²) in [6.45, 7) is 5.01. The van der Waals surface area contributed by atoms with Gasteiger partial charge in [0.2, 0.25) is 0 Å². The van der Waals surface area contributed by atoms with Crippen molar-refractivity contribution < 1.29 is 5.11 Å². The van der Waals surface area contributed by atoms with Crippen molar-refractivity contribution in [3.05, 3.63) is 0 Å². The van der Waals surface area contributed by atoms with E-state index in [1.807, 2.05) is 0 Å². The second-order valence-electron chi connectivity index (χ2n) is 4.28. The molecular weight excluding hydrogens is 178 g/mol. The zero-order valence-corrected chi connectivity index (χ0v) is 9.24. The fourth-order valence-corrected chi connectivity index (χ4v) is 2.05. The Labute approximate surface area is 86.4 Å². The first-order valence-electron chi connectivity index (χ1n) is 5.54. The predicted octanol–water partition coefficient (Wildman–Crippen LogP) is 0.0735. The van der Waals surface area contributed by atoms with Crippen molar-refractivity contribution in [2.45, 2.75) is 51.2 Å². The second-order valence-corrected chi connectivity index (χ2v) is 4.28. The van der Waals surface area contributed by atoms with Gasteiger partial charge >= 0.3 is 0 Å². The minimum Gasteiger partial charge on any atom is -0.395 e. The number of aliphatic hydroxyl groups is 1. The molecule has 0 amide bonds. The topological polar surface area (TPSA) is 61.5 Å². The van der Waals surface area contributed by atoms with Crippen LogP contribution in [0.5, 0.6) is 0 Å². The number of rotatable bonds is 4. The predicted molar refractivity (Wildman–Crippen MR) is 57.7 cm³/mol. The van der Waals surface area contributed by atoms with Gasteiger partial charge in [-0.05, 0) is 26.7 Å². The van der Waals surface area contributed by atoms with Crippen LogP contribution in [0.3, 0.4) is 0 Å². The van der Waals surface area contributed by atoms with E-state index in [4.69, 9.17) is 10.8 Å². The molecule has 4 nitrogen and oxygen atoms in total. The average molecular weight is 201 g/mol. The van der Waals surface area contributed by atoms with E-state index in [9.17, 15) is 0 Å². The number of nitrogens with zero attached hydrogens (tertiary/aromatic N) is 1. The van der Waals surface area contributed by atoms with Gasteiger partial charge in [0.25, 0.3) is 0 Å². The average Bonchev–Trinajstić information content (AvgIpc) is 2.18. The van der Waals surface area contributed by atoms with Gasteiger partial charge in [-0.15, -0.1) is 0 Å². The Morgan fingerprint density at radius 2 is 2.00 bits per heavy atom. The van der Waals surface area contributed by atoms with Gasteiger partial charge in [0, 0.05) is 18.6 Å². The van der Waals surface area contributed by atoms with E-state index in [0.29, 0.717) is 18.6 Å². The Morgan fingerprint density at radius 1 is 1.43 bits per heavy atom. The lowest BCUT2D eigenvalue weighted by Gasteiger charge is -2.41. The molecule has 1 aliphatic rings. The first kappa shape index (κ1) is 11.9. The second kappa shape index (κ2) is 5.66. The van der Waals surface area contributed by atoms with Crippen LogP contribution in [-0.4, -0.2) is 41.4 Å². The van der Waals surface area contributed by atoms with E-state index in [0.717, 1.165) is 0 Å². The highest BCUT2D eigenvalue weighted by molar-refractivity contribution is 4.79. The highest BCUT2D eigenvalue weighted by atomic mass is 16.3. The van der Waals surface area contributed by atoms with Gasteiger partial charge in [-0.2, -0.15) is 0 Å². The monoisotopic (exact) mass is 201 g/mol. The lowest BCUT2D eigenvalue weighted by atomic mass is 10.00. The maximum Gasteiger partial charge on any atom is 0.0610 e. The van der Waals surface area contributed by atoms with E-state index in [1.165, 1.54) is 19.3 Å². The molecule has 3 unspecified atom stereocenters. The molecule has 4 N–H and O–H groups in total. The number of hydrazine groups is 1. The molecule has 1 saturated heterocycles. The number of nitrogens with one attached hydrogen (secondary N) is 1. The molecule has 1 rings (SSSR count). The third-order valence-corrected chi connectivity index (χ3v) is 3.03. The quantitative estimate of drug-likeness (QED) is 0.602. The largest absolute Gasteiger partial charge is 0.395 e. The molecule has 84 valence electrons. The molecule has 1 fully saturated rings. The summed E-state index contributed by atoms with van der Waals surface area (Å²) in [6, 6.07) is 1.08. The van der Waals surface area contributed by atoms with Crippen molar-refractivity contribution in [1.82, 2.24) is 10.4 Å². The first-order valence-corrected chi connectivity index (χ1v) is 5.54. The molecule has 0 spiro atoms. The number of hydrogen-bond donors (Lipinski definition) is 3. The maximum absolute atomic E-state index is 9.06. The molecule has 0 aromatic heterocycles. The summed E-state index contributed by atoms with van der Waals surface area (Å²) in [7, 11) is 0.